The predicted octanol–water partition coefficient (Wildman–Crippen LogP) is 2.21. The van der Waals surface area contributed by atoms with Gasteiger partial charge >= 0.3 is 0 Å². The van der Waals surface area contributed by atoms with E-state index in [2.05, 4.69) is 26.0 Å². The summed E-state index contributed by atoms with van der Waals surface area (Å²) in [4.78, 5) is 12.0. The number of nitrogens with one attached hydrogen (secondary N) is 1. The van der Waals surface area contributed by atoms with Gasteiger partial charge in [0.05, 0.1) is 17.1 Å². The molecule has 2 N–H and O–H groups in total. The van der Waals surface area contributed by atoms with Crippen molar-refractivity contribution in [2.45, 2.75) is 24.9 Å². The molecule has 0 unspecified atom stereocenters. The van der Waals surface area contributed by atoms with Crippen LogP contribution in [0.25, 0.3) is 5.69 Å². The van der Waals surface area contributed by atoms with Crippen LogP contribution in [0, 0.1) is 0 Å². The van der Waals surface area contributed by atoms with E-state index >= 15 is 0 Å². The smallest absolute Gasteiger partial charge is 0.237 e. The number of aromatic nitrogens is 5. The fourth-order valence-electron chi connectivity index (χ4n) is 1.95. The van der Waals surface area contributed by atoms with Gasteiger partial charge in [-0.3, -0.25) is 10.1 Å². The van der Waals surface area contributed by atoms with Gasteiger partial charge in [0.1, 0.15) is 5.75 Å². The van der Waals surface area contributed by atoms with Gasteiger partial charge in [-0.25, -0.2) is 0 Å². The summed E-state index contributed by atoms with van der Waals surface area (Å²) in [7, 11) is 0. The number of anilines is 1. The van der Waals surface area contributed by atoms with Crippen molar-refractivity contribution in [3.8, 4) is 11.4 Å². The summed E-state index contributed by atoms with van der Waals surface area (Å²) in [5.41, 5.74) is 1.46. The van der Waals surface area contributed by atoms with Crippen LogP contribution in [-0.2, 0) is 4.79 Å². The van der Waals surface area contributed by atoms with Crippen LogP contribution in [0.5, 0.6) is 5.75 Å². The van der Waals surface area contributed by atoms with E-state index in [0.29, 0.717) is 16.7 Å². The molecule has 0 bridgehead atoms. The Kier molecular flexibility index (Phi) is 4.98. The second-order valence-corrected chi connectivity index (χ2v) is 6.44. The molecule has 3 rings (SSSR count). The molecule has 1 aromatic carbocycles. The third kappa shape index (κ3) is 4.15. The molecule has 25 heavy (non-hydrogen) atoms. The van der Waals surface area contributed by atoms with Crippen LogP contribution in [0.15, 0.2) is 40.0 Å². The summed E-state index contributed by atoms with van der Waals surface area (Å²) in [6, 6.07) is 8.13. The van der Waals surface area contributed by atoms with E-state index in [9.17, 15) is 9.90 Å². The first-order valence-electron chi connectivity index (χ1n) is 7.50. The molecule has 0 radical (unpaired) electrons. The Balaban J connectivity index is 1.61. The number of rotatable bonds is 6. The number of carbonyl (C=O) groups is 1. The Labute approximate surface area is 147 Å². The van der Waals surface area contributed by atoms with Crippen molar-refractivity contribution in [2.75, 3.05) is 11.1 Å². The Morgan fingerprint density at radius 1 is 1.36 bits per heavy atom. The highest BCUT2D eigenvalue weighted by atomic mass is 32.2. The molecule has 9 nitrogen and oxygen atoms in total. The molecular weight excluding hydrogens is 344 g/mol. The Hall–Kier alpha value is -2.88. The number of carbonyl (C=O) groups excluding carboxylic acids is 1. The van der Waals surface area contributed by atoms with Crippen molar-refractivity contribution in [2.24, 2.45) is 0 Å². The first-order valence-corrected chi connectivity index (χ1v) is 8.48. The van der Waals surface area contributed by atoms with Crippen molar-refractivity contribution in [3.63, 3.8) is 0 Å². The topological polar surface area (TPSA) is 119 Å². The zero-order valence-corrected chi connectivity index (χ0v) is 14.4. The maximum absolute atomic E-state index is 12.0. The lowest BCUT2D eigenvalue weighted by Crippen LogP contribution is -2.14. The molecule has 0 atom stereocenters. The predicted molar refractivity (Wildman–Crippen MR) is 90.8 cm³/mol. The van der Waals surface area contributed by atoms with Crippen molar-refractivity contribution in [1.82, 2.24) is 25.4 Å². The highest BCUT2D eigenvalue weighted by molar-refractivity contribution is 7.99. The standard InChI is InChI=1S/C15H16N6O3S/c1-9(2)12-7-14(24-18-12)16-13(23)8-25-15-17-19-20-21(15)10-3-5-11(22)6-4-10/h3-7,9,22H,8H2,1-2H3,(H,16,23). The minimum Gasteiger partial charge on any atom is -0.508 e. The molecule has 3 aromatic rings. The van der Waals surface area contributed by atoms with E-state index in [1.165, 1.54) is 28.6 Å². The first-order chi connectivity index (χ1) is 12.0. The highest BCUT2D eigenvalue weighted by Crippen LogP contribution is 2.21. The second kappa shape index (κ2) is 7.34. The van der Waals surface area contributed by atoms with Crippen LogP contribution < -0.4 is 5.32 Å². The van der Waals surface area contributed by atoms with Gasteiger partial charge in [0.15, 0.2) is 0 Å². The quantitative estimate of drug-likeness (QED) is 0.642. The summed E-state index contributed by atoms with van der Waals surface area (Å²) >= 11 is 1.18. The van der Waals surface area contributed by atoms with Gasteiger partial charge in [0.25, 0.3) is 0 Å². The van der Waals surface area contributed by atoms with Crippen molar-refractivity contribution in [1.29, 1.82) is 0 Å². The molecule has 0 aliphatic carbocycles. The second-order valence-electron chi connectivity index (χ2n) is 5.50. The lowest BCUT2D eigenvalue weighted by atomic mass is 10.1. The Morgan fingerprint density at radius 2 is 2.12 bits per heavy atom. The number of hydrogen-bond donors (Lipinski definition) is 2. The maximum Gasteiger partial charge on any atom is 0.237 e. The van der Waals surface area contributed by atoms with Crippen LogP contribution in [-0.4, -0.2) is 42.1 Å². The summed E-state index contributed by atoms with van der Waals surface area (Å²) in [6.45, 7) is 3.98. The molecule has 0 saturated carbocycles. The number of tetrazole rings is 1. The molecule has 0 aliphatic rings. The Morgan fingerprint density at radius 3 is 2.80 bits per heavy atom. The van der Waals surface area contributed by atoms with Crippen LogP contribution in [0.2, 0.25) is 0 Å². The number of amides is 1. The third-order valence-corrected chi connectivity index (χ3v) is 4.17. The maximum atomic E-state index is 12.0. The van der Waals surface area contributed by atoms with E-state index in [0.717, 1.165) is 5.69 Å². The Bertz CT molecular complexity index is 858. The molecule has 1 amide bonds. The van der Waals surface area contributed by atoms with E-state index in [1.807, 2.05) is 13.8 Å². The fourth-order valence-corrected chi connectivity index (χ4v) is 2.64. The van der Waals surface area contributed by atoms with Gasteiger partial charge in [-0.1, -0.05) is 30.8 Å². The minimum atomic E-state index is -0.253. The van der Waals surface area contributed by atoms with Crippen molar-refractivity contribution >= 4 is 23.6 Å². The highest BCUT2D eigenvalue weighted by Gasteiger charge is 2.14. The minimum absolute atomic E-state index is 0.107. The molecule has 0 saturated heterocycles. The summed E-state index contributed by atoms with van der Waals surface area (Å²) < 4.78 is 6.57. The lowest BCUT2D eigenvalue weighted by Gasteiger charge is -2.04. The van der Waals surface area contributed by atoms with Gasteiger partial charge < -0.3 is 9.63 Å². The van der Waals surface area contributed by atoms with Crippen LogP contribution in [0.3, 0.4) is 0 Å². The van der Waals surface area contributed by atoms with Gasteiger partial charge in [-0.05, 0) is 40.6 Å². The SMILES string of the molecule is CC(C)c1cc(NC(=O)CSc2nnnn2-c2ccc(O)cc2)on1. The van der Waals surface area contributed by atoms with Crippen LogP contribution in [0.4, 0.5) is 5.88 Å². The fraction of sp³-hybridized carbons (Fsp3) is 0.267. The molecule has 130 valence electrons. The van der Waals surface area contributed by atoms with E-state index in [-0.39, 0.29) is 23.3 Å². The number of aromatic hydroxyl groups is 1. The normalized spacial score (nSPS) is 11.0. The zero-order chi connectivity index (χ0) is 17.8. The molecular formula is C15H16N6O3S. The number of phenolic OH excluding ortho intramolecular Hbond substituents is 1. The first kappa shape index (κ1) is 17.0. The number of hydrogen-bond acceptors (Lipinski definition) is 8. The van der Waals surface area contributed by atoms with Crippen molar-refractivity contribution < 1.29 is 14.4 Å². The van der Waals surface area contributed by atoms with Gasteiger partial charge in [-0.2, -0.15) is 4.68 Å². The average molecular weight is 360 g/mol. The molecule has 0 aliphatic heterocycles. The lowest BCUT2D eigenvalue weighted by molar-refractivity contribution is -0.113. The number of phenols is 1. The van der Waals surface area contributed by atoms with Crippen molar-refractivity contribution in [3.05, 3.63) is 36.0 Å². The number of thioether (sulfide) groups is 1. The molecule has 2 heterocycles. The number of nitrogens with zero attached hydrogens (tertiary/aromatic N) is 5. The molecule has 0 fully saturated rings. The molecule has 10 heteroatoms. The number of benzene rings is 1. The summed E-state index contributed by atoms with van der Waals surface area (Å²) in [5.74, 6) is 0.539. The monoisotopic (exact) mass is 360 g/mol. The summed E-state index contributed by atoms with van der Waals surface area (Å²) in [6.07, 6.45) is 0. The van der Waals surface area contributed by atoms with Gasteiger partial charge in [0, 0.05) is 6.07 Å². The average Bonchev–Trinajstić information content (AvgIpc) is 3.23. The van der Waals surface area contributed by atoms with Gasteiger partial charge in [0.2, 0.25) is 16.9 Å². The molecule has 0 spiro atoms. The van der Waals surface area contributed by atoms with E-state index in [1.54, 1.807) is 18.2 Å². The largest absolute Gasteiger partial charge is 0.508 e. The van der Waals surface area contributed by atoms with E-state index in [4.69, 9.17) is 4.52 Å². The molecule has 2 aromatic heterocycles. The zero-order valence-electron chi connectivity index (χ0n) is 13.6. The summed E-state index contributed by atoms with van der Waals surface area (Å²) in [5, 5.41) is 27.8. The van der Waals surface area contributed by atoms with Gasteiger partial charge in [-0.15, -0.1) is 5.10 Å². The van der Waals surface area contributed by atoms with Crippen LogP contribution in [0.1, 0.15) is 25.5 Å². The van der Waals surface area contributed by atoms with E-state index < -0.39 is 0 Å². The third-order valence-electron chi connectivity index (χ3n) is 3.25. The van der Waals surface area contributed by atoms with Crippen LogP contribution >= 0.6 is 11.8 Å².